The summed E-state index contributed by atoms with van der Waals surface area (Å²) in [4.78, 5) is 13.9. The van der Waals surface area contributed by atoms with E-state index in [2.05, 4.69) is 30.1 Å². The molecule has 0 saturated carbocycles. The Morgan fingerprint density at radius 3 is 2.53 bits per heavy atom. The minimum absolute atomic E-state index is 0.597. The van der Waals surface area contributed by atoms with Gasteiger partial charge in [-0.25, -0.2) is 0 Å². The van der Waals surface area contributed by atoms with Gasteiger partial charge in [0.25, 0.3) is 0 Å². The van der Waals surface area contributed by atoms with E-state index in [1.54, 1.807) is 0 Å². The molecule has 2 aromatic carbocycles. The maximum Gasteiger partial charge on any atom is 0.233 e. The van der Waals surface area contributed by atoms with Crippen LogP contribution in [0.2, 0.25) is 0 Å². The van der Waals surface area contributed by atoms with Gasteiger partial charge in [0.15, 0.2) is 0 Å². The molecule has 2 heteroatoms. The van der Waals surface area contributed by atoms with Crippen molar-refractivity contribution in [1.29, 1.82) is 0 Å². The van der Waals surface area contributed by atoms with E-state index in [0.717, 1.165) is 6.42 Å². The number of fused-ring (bicyclic) bond motifs is 1. The number of hydrogen-bond acceptors (Lipinski definition) is 1. The third kappa shape index (κ3) is 2.17. The minimum atomic E-state index is 0.597. The second kappa shape index (κ2) is 4.73. The normalized spacial score (nSPS) is 10.8. The zero-order chi connectivity index (χ0) is 13.2. The predicted octanol–water partition coefficient (Wildman–Crippen LogP) is 3.52. The van der Waals surface area contributed by atoms with E-state index >= 15 is 0 Å². The Balaban J connectivity index is 2.00. The van der Waals surface area contributed by atoms with Gasteiger partial charge in [-0.2, -0.15) is 0 Å². The van der Waals surface area contributed by atoms with Gasteiger partial charge in [0.1, 0.15) is 0 Å². The first kappa shape index (κ1) is 11.7. The van der Waals surface area contributed by atoms with Gasteiger partial charge in [-0.15, -0.1) is 0 Å². The average molecular weight is 248 g/mol. The number of nitrogens with one attached hydrogen (secondary N) is 1. The number of para-hydroxylation sites is 1. The number of aromatic nitrogens is 1. The summed E-state index contributed by atoms with van der Waals surface area (Å²) in [6, 6.07) is 15.9. The Morgan fingerprint density at radius 2 is 1.79 bits per heavy atom. The molecule has 0 bridgehead atoms. The third-order valence-corrected chi connectivity index (χ3v) is 3.48. The number of benzene rings is 2. The molecule has 0 fully saturated rings. The quantitative estimate of drug-likeness (QED) is 0.755. The molecule has 3 rings (SSSR count). The van der Waals surface area contributed by atoms with Crippen molar-refractivity contribution in [1.82, 2.24) is 4.98 Å². The maximum atomic E-state index is 10.5. The van der Waals surface area contributed by atoms with E-state index < -0.39 is 0 Å². The molecule has 1 aromatic heterocycles. The molecule has 0 unspecified atom stereocenters. The molecule has 93 valence electrons. The largest absolute Gasteiger partial charge is 0.358 e. The Hall–Kier alpha value is -2.35. The number of H-pyrrole nitrogens is 1. The summed E-state index contributed by atoms with van der Waals surface area (Å²) in [5.41, 5.74) is 5.49. The van der Waals surface area contributed by atoms with Crippen LogP contribution in [0.25, 0.3) is 10.9 Å². The first-order valence-electron chi connectivity index (χ1n) is 6.31. The molecule has 0 amide bonds. The van der Waals surface area contributed by atoms with Crippen LogP contribution in [0.4, 0.5) is 0 Å². The molecule has 0 aliphatic carbocycles. The van der Waals surface area contributed by atoms with Crippen molar-refractivity contribution in [2.75, 3.05) is 0 Å². The van der Waals surface area contributed by atoms with Gasteiger partial charge in [-0.05, 0) is 30.5 Å². The summed E-state index contributed by atoms with van der Waals surface area (Å²) in [5, 5.41) is 1.27. The second-order valence-electron chi connectivity index (χ2n) is 4.75. The summed E-state index contributed by atoms with van der Waals surface area (Å²) < 4.78 is 0. The molecule has 0 atom stereocenters. The molecule has 1 radical (unpaired) electrons. The van der Waals surface area contributed by atoms with Gasteiger partial charge in [-0.1, -0.05) is 42.5 Å². The van der Waals surface area contributed by atoms with Crippen LogP contribution in [0.5, 0.6) is 0 Å². The Morgan fingerprint density at radius 1 is 1.05 bits per heavy atom. The van der Waals surface area contributed by atoms with Gasteiger partial charge in [0.05, 0.1) is 0 Å². The highest BCUT2D eigenvalue weighted by Gasteiger charge is 2.08. The first-order chi connectivity index (χ1) is 9.28. The number of carbonyl (C=O) groups excluding carboxylic acids is 1. The van der Waals surface area contributed by atoms with E-state index in [9.17, 15) is 4.79 Å². The summed E-state index contributed by atoms with van der Waals surface area (Å²) in [6.07, 6.45) is 2.77. The second-order valence-corrected chi connectivity index (χ2v) is 4.75. The Bertz CT molecular complexity index is 723. The van der Waals surface area contributed by atoms with Crippen molar-refractivity contribution in [3.05, 3.63) is 70.9 Å². The molecule has 1 heterocycles. The van der Waals surface area contributed by atoms with Crippen molar-refractivity contribution < 1.29 is 4.79 Å². The van der Waals surface area contributed by atoms with Gasteiger partial charge in [0.2, 0.25) is 6.29 Å². The third-order valence-electron chi connectivity index (χ3n) is 3.48. The molecule has 2 nitrogen and oxygen atoms in total. The maximum absolute atomic E-state index is 10.5. The lowest BCUT2D eigenvalue weighted by Crippen LogP contribution is -1.90. The lowest BCUT2D eigenvalue weighted by Gasteiger charge is -2.02. The van der Waals surface area contributed by atoms with E-state index in [1.165, 1.54) is 27.7 Å². The standard InChI is InChI=1S/C17H14NO/c1-12-16(15-4-2-3-5-17(15)18-12)10-13-6-8-14(11-19)9-7-13/h2-9,18H,10H2,1H3. The molecule has 0 aliphatic heterocycles. The fourth-order valence-corrected chi connectivity index (χ4v) is 2.46. The van der Waals surface area contributed by atoms with Crippen molar-refractivity contribution >= 4 is 17.2 Å². The number of rotatable bonds is 3. The zero-order valence-electron chi connectivity index (χ0n) is 10.7. The van der Waals surface area contributed by atoms with Gasteiger partial charge in [0, 0.05) is 22.2 Å². The van der Waals surface area contributed by atoms with E-state index in [1.807, 2.05) is 36.6 Å². The SMILES string of the molecule is Cc1[nH]c2ccccc2c1Cc1ccc([C]=O)cc1. The van der Waals surface area contributed by atoms with Crippen molar-refractivity contribution in [3.63, 3.8) is 0 Å². The summed E-state index contributed by atoms with van der Waals surface area (Å²) in [6.45, 7) is 2.10. The van der Waals surface area contributed by atoms with Crippen LogP contribution in [0, 0.1) is 6.92 Å². The van der Waals surface area contributed by atoms with Crippen LogP contribution in [0.1, 0.15) is 22.4 Å². The number of hydrogen-bond donors (Lipinski definition) is 1. The fourth-order valence-electron chi connectivity index (χ4n) is 2.46. The molecular weight excluding hydrogens is 234 g/mol. The molecule has 0 spiro atoms. The van der Waals surface area contributed by atoms with Gasteiger partial charge >= 0.3 is 0 Å². The summed E-state index contributed by atoms with van der Waals surface area (Å²) in [7, 11) is 0. The highest BCUT2D eigenvalue weighted by Crippen LogP contribution is 2.24. The Labute approximate surface area is 112 Å². The van der Waals surface area contributed by atoms with Gasteiger partial charge in [-0.3, -0.25) is 4.79 Å². The van der Waals surface area contributed by atoms with Crippen LogP contribution in [0.3, 0.4) is 0 Å². The molecule has 0 aliphatic rings. The molecule has 1 N–H and O–H groups in total. The number of aryl methyl sites for hydroxylation is 1. The van der Waals surface area contributed by atoms with Crippen LogP contribution in [-0.4, -0.2) is 11.3 Å². The highest BCUT2D eigenvalue weighted by molar-refractivity contribution is 5.85. The smallest absolute Gasteiger partial charge is 0.233 e. The number of aromatic amines is 1. The first-order valence-corrected chi connectivity index (χ1v) is 6.31. The summed E-state index contributed by atoms with van der Waals surface area (Å²) >= 11 is 0. The minimum Gasteiger partial charge on any atom is -0.358 e. The van der Waals surface area contributed by atoms with Crippen LogP contribution < -0.4 is 0 Å². The Kier molecular flexibility index (Phi) is 2.92. The highest BCUT2D eigenvalue weighted by atomic mass is 16.1. The molecule has 3 aromatic rings. The van der Waals surface area contributed by atoms with Crippen molar-refractivity contribution in [2.45, 2.75) is 13.3 Å². The molecule has 0 saturated heterocycles. The van der Waals surface area contributed by atoms with E-state index in [4.69, 9.17) is 0 Å². The summed E-state index contributed by atoms with van der Waals surface area (Å²) in [5.74, 6) is 0. The van der Waals surface area contributed by atoms with Crippen LogP contribution >= 0.6 is 0 Å². The fraction of sp³-hybridized carbons (Fsp3) is 0.118. The van der Waals surface area contributed by atoms with Crippen molar-refractivity contribution in [2.24, 2.45) is 0 Å². The lowest BCUT2D eigenvalue weighted by molar-refractivity contribution is 0.563. The topological polar surface area (TPSA) is 32.9 Å². The van der Waals surface area contributed by atoms with Gasteiger partial charge < -0.3 is 4.98 Å². The van der Waals surface area contributed by atoms with Crippen molar-refractivity contribution in [3.8, 4) is 0 Å². The molecular formula is C17H14NO. The van der Waals surface area contributed by atoms with Crippen LogP contribution in [0.15, 0.2) is 48.5 Å². The van der Waals surface area contributed by atoms with E-state index in [-0.39, 0.29) is 0 Å². The lowest BCUT2D eigenvalue weighted by atomic mass is 10.0. The van der Waals surface area contributed by atoms with E-state index in [0.29, 0.717) is 5.56 Å². The predicted molar refractivity (Wildman–Crippen MR) is 77.1 cm³/mol. The van der Waals surface area contributed by atoms with Crippen LogP contribution in [-0.2, 0) is 11.2 Å². The molecule has 19 heavy (non-hydrogen) atoms. The zero-order valence-corrected chi connectivity index (χ0v) is 10.7. The average Bonchev–Trinajstić information content (AvgIpc) is 2.76. The monoisotopic (exact) mass is 248 g/mol.